The molecule has 284 valence electrons. The van der Waals surface area contributed by atoms with Crippen LogP contribution in [0.25, 0.3) is 6.08 Å². The number of aromatic hydroxyl groups is 1. The van der Waals surface area contributed by atoms with Gasteiger partial charge in [-0.25, -0.2) is 4.79 Å². The Morgan fingerprint density at radius 3 is 1.92 bits per heavy atom. The lowest BCUT2D eigenvalue weighted by atomic mass is 9.82. The van der Waals surface area contributed by atoms with Crippen LogP contribution >= 0.6 is 11.6 Å². The Kier molecular flexibility index (Phi) is 27.1. The van der Waals surface area contributed by atoms with Crippen LogP contribution in [0.15, 0.2) is 84.9 Å². The fraction of sp³-hybridized carbons (Fsp3) is 0.390. The van der Waals surface area contributed by atoms with E-state index in [1.165, 1.54) is 54.6 Å². The third kappa shape index (κ3) is 14.9. The number of carbonyl (C=O) groups is 5. The van der Waals surface area contributed by atoms with Crippen molar-refractivity contribution < 1.29 is 38.6 Å². The van der Waals surface area contributed by atoms with Crippen LogP contribution < -0.4 is 9.64 Å². The van der Waals surface area contributed by atoms with E-state index in [-0.39, 0.29) is 62.1 Å². The molecule has 1 N–H and O–H groups in total. The lowest BCUT2D eigenvalue weighted by Crippen LogP contribution is -2.35. The molecule has 0 spiro atoms. The lowest BCUT2D eigenvalue weighted by molar-refractivity contribution is -0.153. The molecule has 0 bridgehead atoms. The van der Waals surface area contributed by atoms with Crippen LogP contribution in [0.2, 0.25) is 0 Å². The van der Waals surface area contributed by atoms with E-state index in [1.807, 2.05) is 44.2 Å². The van der Waals surface area contributed by atoms with E-state index < -0.39 is 34.9 Å². The van der Waals surface area contributed by atoms with Crippen molar-refractivity contribution in [1.29, 1.82) is 0 Å². The number of benzene rings is 3. The first-order valence-corrected chi connectivity index (χ1v) is 15.0. The number of imide groups is 1. The molecular formula is C41H60ClNO8. The van der Waals surface area contributed by atoms with E-state index in [1.54, 1.807) is 13.0 Å². The quantitative estimate of drug-likeness (QED) is 0.0516. The smallest absolute Gasteiger partial charge is 0.336 e. The molecule has 3 unspecified atom stereocenters. The number of unbranched alkanes of at least 4 members (excludes halogenated alkanes) is 1. The van der Waals surface area contributed by atoms with Crippen LogP contribution in [0.1, 0.15) is 101 Å². The fourth-order valence-electron chi connectivity index (χ4n) is 4.73. The maximum Gasteiger partial charge on any atom is 0.336 e. The van der Waals surface area contributed by atoms with Crippen molar-refractivity contribution >= 4 is 52.4 Å². The molecule has 3 atom stereocenters. The van der Waals surface area contributed by atoms with Gasteiger partial charge in [0.2, 0.25) is 11.8 Å². The number of nitrogens with zero attached hydrogens (tertiary/aromatic N) is 1. The summed E-state index contributed by atoms with van der Waals surface area (Å²) < 4.78 is 10.4. The van der Waals surface area contributed by atoms with Gasteiger partial charge in [0.05, 0.1) is 24.1 Å². The van der Waals surface area contributed by atoms with Crippen LogP contribution in [-0.4, -0.2) is 40.7 Å². The highest BCUT2D eigenvalue weighted by atomic mass is 35.5. The molecule has 51 heavy (non-hydrogen) atoms. The van der Waals surface area contributed by atoms with E-state index in [0.29, 0.717) is 30.0 Å². The van der Waals surface area contributed by atoms with Gasteiger partial charge in [-0.1, -0.05) is 102 Å². The topological polar surface area (TPSA) is 127 Å². The number of carbonyl (C=O) groups excluding carboxylic acids is 5. The summed E-state index contributed by atoms with van der Waals surface area (Å²) in [5.74, 6) is -3.16. The second kappa shape index (κ2) is 26.1. The minimum absolute atomic E-state index is 0. The predicted molar refractivity (Wildman–Crippen MR) is 211 cm³/mol. The van der Waals surface area contributed by atoms with Crippen molar-refractivity contribution in [2.45, 2.75) is 84.6 Å². The van der Waals surface area contributed by atoms with Crippen molar-refractivity contribution in [3.8, 4) is 11.5 Å². The molecule has 10 heteroatoms. The zero-order chi connectivity index (χ0) is 32.9. The molecule has 1 heterocycles. The van der Waals surface area contributed by atoms with Gasteiger partial charge >= 0.3 is 11.9 Å². The zero-order valence-electron chi connectivity index (χ0n) is 25.4. The van der Waals surface area contributed by atoms with Crippen LogP contribution in [-0.2, 0) is 23.9 Å². The molecule has 9 nitrogen and oxygen atoms in total. The van der Waals surface area contributed by atoms with E-state index in [9.17, 15) is 29.1 Å². The maximum atomic E-state index is 12.9. The van der Waals surface area contributed by atoms with Gasteiger partial charge < -0.3 is 14.6 Å². The Morgan fingerprint density at radius 1 is 0.843 bits per heavy atom. The van der Waals surface area contributed by atoms with Gasteiger partial charge in [-0.2, -0.15) is 0 Å². The minimum atomic E-state index is -0.722. The summed E-state index contributed by atoms with van der Waals surface area (Å²) in [6, 6.07) is 21.3. The molecule has 0 aromatic heterocycles. The van der Waals surface area contributed by atoms with Gasteiger partial charge in [0.1, 0.15) is 11.5 Å². The van der Waals surface area contributed by atoms with Crippen LogP contribution in [0.3, 0.4) is 0 Å². The first-order valence-electron chi connectivity index (χ1n) is 14.7. The summed E-state index contributed by atoms with van der Waals surface area (Å²) in [6.45, 7) is 5.82. The molecular weight excluding hydrogens is 670 g/mol. The van der Waals surface area contributed by atoms with Gasteiger partial charge in [-0.3, -0.25) is 24.1 Å². The van der Waals surface area contributed by atoms with Gasteiger partial charge in [0, 0.05) is 17.6 Å². The highest BCUT2D eigenvalue weighted by Gasteiger charge is 2.51. The van der Waals surface area contributed by atoms with Crippen LogP contribution in [0, 0.1) is 17.8 Å². The number of amides is 2. The molecule has 1 saturated heterocycles. The molecule has 3 aromatic rings. The summed E-state index contributed by atoms with van der Waals surface area (Å²) in [7, 11) is 0. The largest absolute Gasteiger partial charge is 0.508 e. The number of anilines is 1. The molecule has 3 aromatic carbocycles. The summed E-state index contributed by atoms with van der Waals surface area (Å²) >= 11 is 5.32. The molecule has 1 aliphatic heterocycles. The Morgan fingerprint density at radius 2 is 1.41 bits per heavy atom. The average molecular weight is 730 g/mol. The maximum absolute atomic E-state index is 12.9. The highest BCUT2D eigenvalue weighted by molar-refractivity contribution is 6.67. The molecule has 1 fully saturated rings. The minimum Gasteiger partial charge on any atom is -0.508 e. The Balaban J connectivity index is -0.000000394. The van der Waals surface area contributed by atoms with Gasteiger partial charge in [0.15, 0.2) is 0 Å². The van der Waals surface area contributed by atoms with Crippen LogP contribution in [0.4, 0.5) is 5.69 Å². The number of phenols is 1. The summed E-state index contributed by atoms with van der Waals surface area (Å²) in [5, 5.41) is 8.84. The standard InChI is InChI=1S/C19H25NO5.C16H11ClO3.6CH4/c1-4-6-11-25-19(24)15(5-2)16-12(3)17(22)20(18(16)23)13-7-9-14(21)10-8-13;17-16(19)13-7-9-14(10-8-13)20-15(18)11-6-12-4-2-1-3-5-12;;;;;;/h7-10,12,15-16,21H,4-6,11H2,1-3H3;1-11H;6*1H4/b;11-6+;;;;;;. The van der Waals surface area contributed by atoms with Gasteiger partial charge in [-0.15, -0.1) is 0 Å². The highest BCUT2D eigenvalue weighted by Crippen LogP contribution is 2.37. The summed E-state index contributed by atoms with van der Waals surface area (Å²) in [6.07, 6.45) is 5.13. The van der Waals surface area contributed by atoms with E-state index >= 15 is 0 Å². The van der Waals surface area contributed by atoms with Gasteiger partial charge in [-0.05, 0) is 84.6 Å². The van der Waals surface area contributed by atoms with Crippen molar-refractivity contribution in [2.24, 2.45) is 17.8 Å². The molecule has 4 rings (SSSR count). The molecule has 2 amide bonds. The predicted octanol–water partition coefficient (Wildman–Crippen LogP) is 10.4. The van der Waals surface area contributed by atoms with Gasteiger partial charge in [0.25, 0.3) is 5.24 Å². The number of rotatable bonds is 11. The number of phenolic OH excluding ortho intramolecular Hbond substituents is 1. The van der Waals surface area contributed by atoms with E-state index in [2.05, 4.69) is 0 Å². The van der Waals surface area contributed by atoms with E-state index in [4.69, 9.17) is 21.1 Å². The number of esters is 2. The van der Waals surface area contributed by atoms with Crippen molar-refractivity contribution in [3.05, 3.63) is 96.1 Å². The van der Waals surface area contributed by atoms with Crippen LogP contribution in [0.5, 0.6) is 11.5 Å². The second-order valence-corrected chi connectivity index (χ2v) is 10.7. The SMILES string of the molecule is C.C.C.C.C.C.CCCCOC(=O)C(CC)C1C(=O)N(c2ccc(O)cc2)C(=O)C1C.O=C(/C=C/c1ccccc1)Oc1ccc(C(=O)Cl)cc1. The molecule has 0 radical (unpaired) electrons. The monoisotopic (exact) mass is 729 g/mol. The average Bonchev–Trinajstić information content (AvgIpc) is 3.25. The Labute approximate surface area is 311 Å². The lowest BCUT2D eigenvalue weighted by Gasteiger charge is -2.21. The van der Waals surface area contributed by atoms with Crippen molar-refractivity contribution in [1.82, 2.24) is 0 Å². The molecule has 1 aliphatic rings. The zero-order valence-corrected chi connectivity index (χ0v) is 26.1. The number of ether oxygens (including phenoxy) is 2. The normalized spacial score (nSPS) is 14.6. The summed E-state index contributed by atoms with van der Waals surface area (Å²) in [4.78, 5) is 61.5. The first-order chi connectivity index (χ1) is 21.6. The number of hydrogen-bond donors (Lipinski definition) is 1. The molecule has 0 aliphatic carbocycles. The number of halogens is 1. The summed E-state index contributed by atoms with van der Waals surface area (Å²) in [5.41, 5.74) is 1.66. The van der Waals surface area contributed by atoms with Crippen molar-refractivity contribution in [3.63, 3.8) is 0 Å². The Bertz CT molecular complexity index is 1500. The fourth-order valence-corrected chi connectivity index (χ4v) is 4.86. The molecule has 0 saturated carbocycles. The Hall–Kier alpha value is -4.76. The van der Waals surface area contributed by atoms with Crippen molar-refractivity contribution in [2.75, 3.05) is 11.5 Å². The second-order valence-electron chi connectivity index (χ2n) is 10.3. The third-order valence-electron chi connectivity index (χ3n) is 7.19. The van der Waals surface area contributed by atoms with E-state index in [0.717, 1.165) is 23.3 Å². The first kappa shape index (κ1) is 53.0. The number of hydrogen-bond acceptors (Lipinski definition) is 8. The third-order valence-corrected chi connectivity index (χ3v) is 7.41.